The molecular weight excluding hydrogens is 228 g/mol. The zero-order valence-corrected chi connectivity index (χ0v) is 11.7. The van der Waals surface area contributed by atoms with Gasteiger partial charge >= 0.3 is 0 Å². The Balaban J connectivity index is 2.76. The summed E-state index contributed by atoms with van der Waals surface area (Å²) >= 11 is 0. The molecule has 2 N–H and O–H groups in total. The molecule has 0 aromatic heterocycles. The normalized spacial score (nSPS) is 12.9. The highest BCUT2D eigenvalue weighted by Gasteiger charge is 2.26. The van der Waals surface area contributed by atoms with Crippen LogP contribution in [0.2, 0.25) is 0 Å². The van der Waals surface area contributed by atoms with E-state index in [2.05, 4.69) is 10.6 Å². The van der Waals surface area contributed by atoms with Gasteiger partial charge in [-0.3, -0.25) is 4.79 Å². The molecule has 0 fully saturated rings. The van der Waals surface area contributed by atoms with Gasteiger partial charge in [0, 0.05) is 0 Å². The van der Waals surface area contributed by atoms with Gasteiger partial charge in [0.2, 0.25) is 5.91 Å². The van der Waals surface area contributed by atoms with Gasteiger partial charge in [0.1, 0.15) is 5.75 Å². The van der Waals surface area contributed by atoms with Gasteiger partial charge in [-0.1, -0.05) is 12.1 Å². The third-order valence-electron chi connectivity index (χ3n) is 3.13. The molecule has 1 amide bonds. The minimum atomic E-state index is -0.576. The van der Waals surface area contributed by atoms with Crippen molar-refractivity contribution in [2.75, 3.05) is 14.2 Å². The molecule has 18 heavy (non-hydrogen) atoms. The van der Waals surface area contributed by atoms with Crippen LogP contribution < -0.4 is 15.4 Å². The third kappa shape index (κ3) is 3.47. The second-order valence-corrected chi connectivity index (χ2v) is 4.85. The standard InChI is InChI=1S/C14H22N2O2/c1-10(16-13(17)14(2,3)15-4)11-7-6-8-12(9-11)18-5/h6-10,15H,1-5H3,(H,16,17)/t10-/m0/s1. The molecule has 0 aliphatic carbocycles. The summed E-state index contributed by atoms with van der Waals surface area (Å²) in [6.07, 6.45) is 0. The summed E-state index contributed by atoms with van der Waals surface area (Å²) in [7, 11) is 3.41. The minimum Gasteiger partial charge on any atom is -0.497 e. The number of likely N-dealkylation sites (N-methyl/N-ethyl adjacent to an activating group) is 1. The number of nitrogens with one attached hydrogen (secondary N) is 2. The first-order valence-electron chi connectivity index (χ1n) is 6.04. The first-order chi connectivity index (χ1) is 8.40. The van der Waals surface area contributed by atoms with E-state index in [4.69, 9.17) is 4.74 Å². The maximum absolute atomic E-state index is 12.0. The van der Waals surface area contributed by atoms with Crippen LogP contribution >= 0.6 is 0 Å². The lowest BCUT2D eigenvalue weighted by Crippen LogP contribution is -2.51. The summed E-state index contributed by atoms with van der Waals surface area (Å²) in [5, 5.41) is 5.97. The van der Waals surface area contributed by atoms with Gasteiger partial charge in [0.05, 0.1) is 18.7 Å². The van der Waals surface area contributed by atoms with Crippen molar-refractivity contribution in [1.82, 2.24) is 10.6 Å². The molecule has 0 spiro atoms. The number of amides is 1. The molecule has 100 valence electrons. The second-order valence-electron chi connectivity index (χ2n) is 4.85. The Hall–Kier alpha value is -1.55. The van der Waals surface area contributed by atoms with E-state index in [0.29, 0.717) is 0 Å². The SMILES string of the molecule is CNC(C)(C)C(=O)N[C@@H](C)c1cccc(OC)c1. The Morgan fingerprint density at radius 1 is 1.39 bits per heavy atom. The minimum absolute atomic E-state index is 0.0275. The van der Waals surface area contributed by atoms with Gasteiger partial charge in [0.25, 0.3) is 0 Å². The van der Waals surface area contributed by atoms with E-state index >= 15 is 0 Å². The molecule has 0 saturated carbocycles. The van der Waals surface area contributed by atoms with Gasteiger partial charge in [-0.25, -0.2) is 0 Å². The number of ether oxygens (including phenoxy) is 1. The lowest BCUT2D eigenvalue weighted by atomic mass is 10.0. The van der Waals surface area contributed by atoms with E-state index in [0.717, 1.165) is 11.3 Å². The van der Waals surface area contributed by atoms with Crippen molar-refractivity contribution in [3.05, 3.63) is 29.8 Å². The molecule has 0 radical (unpaired) electrons. The predicted octanol–water partition coefficient (Wildman–Crippen LogP) is 1.87. The summed E-state index contributed by atoms with van der Waals surface area (Å²) in [6, 6.07) is 7.65. The quantitative estimate of drug-likeness (QED) is 0.839. The van der Waals surface area contributed by atoms with Crippen LogP contribution in [0.4, 0.5) is 0 Å². The molecular formula is C14H22N2O2. The zero-order valence-electron chi connectivity index (χ0n) is 11.7. The molecule has 0 heterocycles. The molecule has 1 aromatic rings. The lowest BCUT2D eigenvalue weighted by Gasteiger charge is -2.25. The summed E-state index contributed by atoms with van der Waals surface area (Å²) < 4.78 is 5.17. The highest BCUT2D eigenvalue weighted by Crippen LogP contribution is 2.19. The molecule has 4 nitrogen and oxygen atoms in total. The van der Waals surface area contributed by atoms with Crippen LogP contribution in [-0.4, -0.2) is 25.6 Å². The summed E-state index contributed by atoms with van der Waals surface area (Å²) in [6.45, 7) is 5.65. The van der Waals surface area contributed by atoms with Crippen molar-refractivity contribution in [3.63, 3.8) is 0 Å². The number of hydrogen-bond donors (Lipinski definition) is 2. The van der Waals surface area contributed by atoms with Crippen molar-refractivity contribution in [2.24, 2.45) is 0 Å². The van der Waals surface area contributed by atoms with E-state index in [1.807, 2.05) is 45.0 Å². The number of hydrogen-bond acceptors (Lipinski definition) is 3. The lowest BCUT2D eigenvalue weighted by molar-refractivity contribution is -0.126. The van der Waals surface area contributed by atoms with E-state index in [-0.39, 0.29) is 11.9 Å². The highest BCUT2D eigenvalue weighted by atomic mass is 16.5. The molecule has 4 heteroatoms. The monoisotopic (exact) mass is 250 g/mol. The van der Waals surface area contributed by atoms with E-state index in [1.54, 1.807) is 14.2 Å². The highest BCUT2D eigenvalue weighted by molar-refractivity contribution is 5.85. The van der Waals surface area contributed by atoms with E-state index in [1.165, 1.54) is 0 Å². The smallest absolute Gasteiger partial charge is 0.240 e. The fourth-order valence-corrected chi connectivity index (χ4v) is 1.48. The van der Waals surface area contributed by atoms with Gasteiger partial charge < -0.3 is 15.4 Å². The Bertz CT molecular complexity index is 416. The van der Waals surface area contributed by atoms with Crippen molar-refractivity contribution in [3.8, 4) is 5.75 Å². The zero-order chi connectivity index (χ0) is 13.8. The Labute approximate surface area is 109 Å². The van der Waals surface area contributed by atoms with E-state index < -0.39 is 5.54 Å². The fourth-order valence-electron chi connectivity index (χ4n) is 1.48. The van der Waals surface area contributed by atoms with Crippen molar-refractivity contribution in [1.29, 1.82) is 0 Å². The van der Waals surface area contributed by atoms with Crippen molar-refractivity contribution < 1.29 is 9.53 Å². The maximum atomic E-state index is 12.0. The van der Waals surface area contributed by atoms with Crippen LogP contribution in [0.3, 0.4) is 0 Å². The van der Waals surface area contributed by atoms with Crippen LogP contribution in [0, 0.1) is 0 Å². The topological polar surface area (TPSA) is 50.4 Å². The summed E-state index contributed by atoms with van der Waals surface area (Å²) in [5.41, 5.74) is 0.447. The molecule has 0 saturated heterocycles. The molecule has 0 bridgehead atoms. The Morgan fingerprint density at radius 2 is 2.06 bits per heavy atom. The second kappa shape index (κ2) is 5.87. The molecule has 0 aliphatic rings. The first kappa shape index (κ1) is 14.5. The van der Waals surface area contributed by atoms with E-state index in [9.17, 15) is 4.79 Å². The maximum Gasteiger partial charge on any atom is 0.240 e. The van der Waals surface area contributed by atoms with Gasteiger partial charge in [-0.2, -0.15) is 0 Å². The number of carbonyl (C=O) groups excluding carboxylic acids is 1. The summed E-state index contributed by atoms with van der Waals surface area (Å²) in [4.78, 5) is 12.0. The molecule has 0 unspecified atom stereocenters. The molecule has 1 atom stereocenters. The van der Waals surface area contributed by atoms with Crippen LogP contribution in [0.15, 0.2) is 24.3 Å². The Morgan fingerprint density at radius 3 is 2.61 bits per heavy atom. The third-order valence-corrected chi connectivity index (χ3v) is 3.13. The predicted molar refractivity (Wildman–Crippen MR) is 72.7 cm³/mol. The van der Waals surface area contributed by atoms with Crippen LogP contribution in [0.5, 0.6) is 5.75 Å². The number of methoxy groups -OCH3 is 1. The molecule has 1 rings (SSSR count). The van der Waals surface area contributed by atoms with Gasteiger partial charge in [-0.15, -0.1) is 0 Å². The number of rotatable bonds is 5. The van der Waals surface area contributed by atoms with Gasteiger partial charge in [-0.05, 0) is 45.5 Å². The van der Waals surface area contributed by atoms with Crippen molar-refractivity contribution in [2.45, 2.75) is 32.4 Å². The molecule has 1 aromatic carbocycles. The molecule has 0 aliphatic heterocycles. The van der Waals surface area contributed by atoms with Crippen LogP contribution in [-0.2, 0) is 4.79 Å². The van der Waals surface area contributed by atoms with Gasteiger partial charge in [0.15, 0.2) is 0 Å². The van der Waals surface area contributed by atoms with Crippen molar-refractivity contribution >= 4 is 5.91 Å². The average molecular weight is 250 g/mol. The summed E-state index contributed by atoms with van der Waals surface area (Å²) in [5.74, 6) is 0.766. The van der Waals surface area contributed by atoms with Crippen LogP contribution in [0.1, 0.15) is 32.4 Å². The largest absolute Gasteiger partial charge is 0.497 e. The number of benzene rings is 1. The van der Waals surface area contributed by atoms with Crippen LogP contribution in [0.25, 0.3) is 0 Å². The fraction of sp³-hybridized carbons (Fsp3) is 0.500. The average Bonchev–Trinajstić information content (AvgIpc) is 2.38. The number of carbonyl (C=O) groups is 1. The Kier molecular flexibility index (Phi) is 4.73. The first-order valence-corrected chi connectivity index (χ1v) is 6.04.